The van der Waals surface area contributed by atoms with Crippen molar-refractivity contribution in [3.63, 3.8) is 0 Å². The third-order valence-corrected chi connectivity index (χ3v) is 2.56. The average molecular weight is 250 g/mol. The van der Waals surface area contributed by atoms with Crippen LogP contribution in [0.2, 0.25) is 5.02 Å². The fourth-order valence-electron chi connectivity index (χ4n) is 1.39. The summed E-state index contributed by atoms with van der Waals surface area (Å²) in [5.41, 5.74) is 1.20. The van der Waals surface area contributed by atoms with Crippen molar-refractivity contribution in [2.45, 2.75) is 13.8 Å². The summed E-state index contributed by atoms with van der Waals surface area (Å²) in [6.07, 6.45) is 1.69. The molecule has 1 heterocycles. The minimum absolute atomic E-state index is 0.107. The van der Waals surface area contributed by atoms with Gasteiger partial charge >= 0.3 is 5.97 Å². The Labute approximate surface area is 105 Å². The van der Waals surface area contributed by atoms with Gasteiger partial charge in [-0.1, -0.05) is 37.6 Å². The number of aliphatic imine (C=N–C) groups is 1. The lowest BCUT2D eigenvalue weighted by molar-refractivity contribution is -0.130. The summed E-state index contributed by atoms with van der Waals surface area (Å²) in [5.74, 6) is 0.175. The van der Waals surface area contributed by atoms with E-state index in [0.29, 0.717) is 16.6 Å². The maximum absolute atomic E-state index is 11.5. The van der Waals surface area contributed by atoms with Crippen LogP contribution >= 0.6 is 11.6 Å². The molecule has 0 spiro atoms. The van der Waals surface area contributed by atoms with Gasteiger partial charge in [-0.15, -0.1) is 0 Å². The second-order valence-electron chi connectivity index (χ2n) is 4.08. The lowest BCUT2D eigenvalue weighted by atomic mass is 10.2. The number of ether oxygens (including phenoxy) is 1. The summed E-state index contributed by atoms with van der Waals surface area (Å²) in [6, 6.07) is 7.18. The first-order chi connectivity index (χ1) is 8.06. The van der Waals surface area contributed by atoms with Gasteiger partial charge in [0, 0.05) is 10.9 Å². The summed E-state index contributed by atoms with van der Waals surface area (Å²) in [6.45, 7) is 3.86. The van der Waals surface area contributed by atoms with E-state index in [2.05, 4.69) is 4.99 Å². The molecule has 0 aromatic heterocycles. The zero-order valence-electron chi connectivity index (χ0n) is 9.61. The molecule has 0 saturated heterocycles. The third kappa shape index (κ3) is 2.74. The quantitative estimate of drug-likeness (QED) is 0.596. The van der Waals surface area contributed by atoms with Crippen molar-refractivity contribution in [3.05, 3.63) is 40.5 Å². The molecule has 17 heavy (non-hydrogen) atoms. The van der Waals surface area contributed by atoms with Crippen molar-refractivity contribution >= 4 is 29.5 Å². The Kier molecular flexibility index (Phi) is 3.29. The van der Waals surface area contributed by atoms with Crippen LogP contribution in [0.5, 0.6) is 0 Å². The first kappa shape index (κ1) is 11.9. The topological polar surface area (TPSA) is 38.7 Å². The molecule has 0 amide bonds. The van der Waals surface area contributed by atoms with Crippen LogP contribution in [0.1, 0.15) is 19.4 Å². The lowest BCUT2D eigenvalue weighted by Gasteiger charge is -1.99. The molecule has 1 aliphatic heterocycles. The van der Waals surface area contributed by atoms with Gasteiger partial charge in [-0.2, -0.15) is 0 Å². The molecule has 0 aliphatic carbocycles. The van der Waals surface area contributed by atoms with E-state index in [9.17, 15) is 4.79 Å². The Bertz CT molecular complexity index is 501. The predicted octanol–water partition coefficient (Wildman–Crippen LogP) is 3.29. The van der Waals surface area contributed by atoms with Crippen LogP contribution in [0.4, 0.5) is 0 Å². The molecule has 0 radical (unpaired) electrons. The second-order valence-corrected chi connectivity index (χ2v) is 4.51. The Morgan fingerprint density at radius 1 is 1.29 bits per heavy atom. The van der Waals surface area contributed by atoms with E-state index in [0.717, 1.165) is 5.56 Å². The molecule has 4 heteroatoms. The zero-order chi connectivity index (χ0) is 12.4. The summed E-state index contributed by atoms with van der Waals surface area (Å²) >= 11 is 5.78. The highest BCUT2D eigenvalue weighted by Gasteiger charge is 2.24. The molecule has 0 N–H and O–H groups in total. The summed E-state index contributed by atoms with van der Waals surface area (Å²) in [5, 5.41) is 0.660. The van der Waals surface area contributed by atoms with Crippen LogP contribution in [0.15, 0.2) is 35.0 Å². The number of nitrogens with zero attached hydrogens (tertiary/aromatic N) is 1. The normalized spacial score (nSPS) is 17.5. The molecular weight excluding hydrogens is 238 g/mol. The fourth-order valence-corrected chi connectivity index (χ4v) is 1.52. The molecule has 2 rings (SSSR count). The van der Waals surface area contributed by atoms with E-state index in [-0.39, 0.29) is 5.92 Å². The van der Waals surface area contributed by atoms with Gasteiger partial charge in [0.15, 0.2) is 5.70 Å². The monoisotopic (exact) mass is 249 g/mol. The van der Waals surface area contributed by atoms with Crippen molar-refractivity contribution in [1.29, 1.82) is 0 Å². The molecule has 1 aliphatic rings. The van der Waals surface area contributed by atoms with Gasteiger partial charge in [0.05, 0.1) is 0 Å². The molecule has 3 nitrogen and oxygen atoms in total. The van der Waals surface area contributed by atoms with Crippen LogP contribution in [0.3, 0.4) is 0 Å². The van der Waals surface area contributed by atoms with Crippen LogP contribution in [-0.4, -0.2) is 11.9 Å². The molecule has 0 fully saturated rings. The predicted molar refractivity (Wildman–Crippen MR) is 67.8 cm³/mol. The molecule has 0 bridgehead atoms. The van der Waals surface area contributed by atoms with Gasteiger partial charge < -0.3 is 4.74 Å². The van der Waals surface area contributed by atoms with Crippen molar-refractivity contribution < 1.29 is 9.53 Å². The van der Waals surface area contributed by atoms with Gasteiger partial charge in [0.25, 0.3) is 0 Å². The standard InChI is InChI=1S/C13H12ClNO2/c1-8(2)12-15-11(13(16)17-12)7-9-3-5-10(14)6-4-9/h3-8H,1-2H3/b11-7-. The Balaban J connectivity index is 2.28. The van der Waals surface area contributed by atoms with Crippen LogP contribution in [0, 0.1) is 5.92 Å². The minimum atomic E-state index is -0.399. The van der Waals surface area contributed by atoms with E-state index in [1.54, 1.807) is 18.2 Å². The highest BCUT2D eigenvalue weighted by molar-refractivity contribution is 6.30. The molecular formula is C13H12ClNO2. The number of hydrogen-bond acceptors (Lipinski definition) is 3. The third-order valence-electron chi connectivity index (χ3n) is 2.30. The molecule has 0 unspecified atom stereocenters. The number of cyclic esters (lactones) is 1. The highest BCUT2D eigenvalue weighted by atomic mass is 35.5. The Hall–Kier alpha value is -1.61. The van der Waals surface area contributed by atoms with Crippen LogP contribution in [-0.2, 0) is 9.53 Å². The molecule has 0 saturated carbocycles. The number of halogens is 1. The molecule has 1 aromatic carbocycles. The van der Waals surface area contributed by atoms with Gasteiger partial charge in [0.1, 0.15) is 0 Å². The van der Waals surface area contributed by atoms with Crippen molar-refractivity contribution in [1.82, 2.24) is 0 Å². The fraction of sp³-hybridized carbons (Fsp3) is 0.231. The number of carbonyl (C=O) groups is 1. The van der Waals surface area contributed by atoms with Gasteiger partial charge in [-0.3, -0.25) is 0 Å². The summed E-state index contributed by atoms with van der Waals surface area (Å²) < 4.78 is 5.05. The highest BCUT2D eigenvalue weighted by Crippen LogP contribution is 2.19. The Morgan fingerprint density at radius 2 is 1.94 bits per heavy atom. The Morgan fingerprint density at radius 3 is 2.47 bits per heavy atom. The minimum Gasteiger partial charge on any atom is -0.407 e. The molecule has 88 valence electrons. The largest absolute Gasteiger partial charge is 0.407 e. The first-order valence-electron chi connectivity index (χ1n) is 5.34. The zero-order valence-corrected chi connectivity index (χ0v) is 10.4. The van der Waals surface area contributed by atoms with E-state index >= 15 is 0 Å². The van der Waals surface area contributed by atoms with Crippen molar-refractivity contribution in [3.8, 4) is 0 Å². The SMILES string of the molecule is CC(C)C1=N/C(=C\c2ccc(Cl)cc2)C(=O)O1. The number of rotatable bonds is 2. The van der Waals surface area contributed by atoms with Crippen molar-refractivity contribution in [2.75, 3.05) is 0 Å². The van der Waals surface area contributed by atoms with Crippen LogP contribution < -0.4 is 0 Å². The maximum atomic E-state index is 11.5. The summed E-state index contributed by atoms with van der Waals surface area (Å²) in [7, 11) is 0. The average Bonchev–Trinajstić information content (AvgIpc) is 2.64. The molecule has 0 atom stereocenters. The summed E-state index contributed by atoms with van der Waals surface area (Å²) in [4.78, 5) is 15.7. The smallest absolute Gasteiger partial charge is 0.363 e. The lowest BCUT2D eigenvalue weighted by Crippen LogP contribution is -2.09. The van der Waals surface area contributed by atoms with Gasteiger partial charge in [-0.05, 0) is 23.8 Å². The van der Waals surface area contributed by atoms with Crippen molar-refractivity contribution in [2.24, 2.45) is 10.9 Å². The van der Waals surface area contributed by atoms with Crippen LogP contribution in [0.25, 0.3) is 6.08 Å². The van der Waals surface area contributed by atoms with Gasteiger partial charge in [0.2, 0.25) is 5.90 Å². The number of esters is 1. The number of hydrogen-bond donors (Lipinski definition) is 0. The number of carbonyl (C=O) groups excluding carboxylic acids is 1. The van der Waals surface area contributed by atoms with Gasteiger partial charge in [-0.25, -0.2) is 9.79 Å². The van der Waals surface area contributed by atoms with E-state index < -0.39 is 5.97 Å². The van der Waals surface area contributed by atoms with E-state index in [4.69, 9.17) is 16.3 Å². The maximum Gasteiger partial charge on any atom is 0.363 e. The van der Waals surface area contributed by atoms with E-state index in [1.807, 2.05) is 26.0 Å². The second kappa shape index (κ2) is 4.72. The van der Waals surface area contributed by atoms with E-state index in [1.165, 1.54) is 0 Å². The number of benzene rings is 1. The molecule has 1 aromatic rings. The first-order valence-corrected chi connectivity index (χ1v) is 5.72.